The van der Waals surface area contributed by atoms with Gasteiger partial charge < -0.3 is 50.2 Å². The van der Waals surface area contributed by atoms with Crippen molar-refractivity contribution in [2.24, 2.45) is 0 Å². The Morgan fingerprint density at radius 3 is 1.84 bits per heavy atom. The fraction of sp³-hybridized carbons (Fsp3) is 0.429. The van der Waals surface area contributed by atoms with Crippen molar-refractivity contribution in [3.05, 3.63) is 34.6 Å². The third kappa shape index (κ3) is 7.38. The molecule has 2 aliphatic heterocycles. The first-order chi connectivity index (χ1) is 11.2. The summed E-state index contributed by atoms with van der Waals surface area (Å²) in [7, 11) is 0. The molecule has 0 saturated carbocycles. The second-order valence-corrected chi connectivity index (χ2v) is 4.87. The molecule has 0 spiro atoms. The van der Waals surface area contributed by atoms with E-state index in [4.69, 9.17) is 0 Å². The minimum Gasteiger partial charge on any atom is -0.672 e. The molecule has 3 atom stereocenters. The van der Waals surface area contributed by atoms with Crippen LogP contribution in [0.4, 0.5) is 0 Å². The Bertz CT molecular complexity index is 569. The molecule has 1 radical (unpaired) electrons. The number of carboxylic acids is 4. The number of hydrogen-bond acceptors (Lipinski definition) is 8. The first-order valence-corrected chi connectivity index (χ1v) is 6.85. The molecule has 1 fully saturated rings. The van der Waals surface area contributed by atoms with E-state index in [-0.39, 0.29) is 22.8 Å². The summed E-state index contributed by atoms with van der Waals surface area (Å²) in [5.41, 5.74) is -0.383. The minimum atomic E-state index is -1.49. The van der Waals surface area contributed by atoms with E-state index in [1.54, 1.807) is 0 Å². The molecule has 2 heterocycles. The van der Waals surface area contributed by atoms with Crippen LogP contribution >= 0.6 is 0 Å². The first-order valence-electron chi connectivity index (χ1n) is 6.85. The number of carboxylic acid groups (broad SMARTS) is 4. The molecule has 10 nitrogen and oxygen atoms in total. The molecule has 0 amide bonds. The predicted octanol–water partition coefficient (Wildman–Crippen LogP) is -4.54. The summed E-state index contributed by atoms with van der Waals surface area (Å²) in [6.45, 7) is 0. The second kappa shape index (κ2) is 10.5. The standard InChI is InChI=1S/C7H10NO4.C7H6NO4.Mn/c2*9-6(10)4-2-1-3-5(8-4)7(11)12;/h4-5H,1-3H2,(H,9,10)(H,11,12);1-4H,(H,9,10)(H,11,12);/q2*-1;+2/p-4. The maximum Gasteiger partial charge on any atom is 2.00 e. The van der Waals surface area contributed by atoms with Gasteiger partial charge in [-0.15, -0.1) is 5.70 Å². The molecule has 0 bridgehead atoms. The Morgan fingerprint density at radius 1 is 0.920 bits per heavy atom. The molecule has 0 aromatic carbocycles. The minimum absolute atomic E-state index is 0. The predicted molar refractivity (Wildman–Crippen MR) is 69.2 cm³/mol. The van der Waals surface area contributed by atoms with Crippen LogP contribution in [-0.4, -0.2) is 42.0 Å². The third-order valence-corrected chi connectivity index (χ3v) is 3.14. The molecule has 1 saturated heterocycles. The summed E-state index contributed by atoms with van der Waals surface area (Å²) in [5, 5.41) is 47.9. The normalized spacial score (nSPS) is 24.3. The molecule has 0 N–H and O–H groups in total. The molecule has 137 valence electrons. The van der Waals surface area contributed by atoms with E-state index in [1.165, 1.54) is 12.2 Å². The number of aliphatic carboxylic acids is 4. The fourth-order valence-electron chi connectivity index (χ4n) is 1.97. The molecule has 2 aliphatic rings. The van der Waals surface area contributed by atoms with Crippen LogP contribution in [0.2, 0.25) is 0 Å². The van der Waals surface area contributed by atoms with Gasteiger partial charge in [0, 0.05) is 23.9 Å². The fourth-order valence-corrected chi connectivity index (χ4v) is 1.97. The van der Waals surface area contributed by atoms with Gasteiger partial charge in [-0.2, -0.15) is 0 Å². The van der Waals surface area contributed by atoms with Crippen LogP contribution < -0.4 is 20.4 Å². The van der Waals surface area contributed by atoms with Crippen molar-refractivity contribution in [1.82, 2.24) is 0 Å². The van der Waals surface area contributed by atoms with Gasteiger partial charge in [0.15, 0.2) is 0 Å². The van der Waals surface area contributed by atoms with E-state index in [2.05, 4.69) is 10.6 Å². The van der Waals surface area contributed by atoms with Gasteiger partial charge in [0.25, 0.3) is 0 Å². The SMILES string of the molecule is O=C([O-])C1=CC=CC(C(=O)[O-])[N-]1.O=C([O-])C1CCCC(C(=O)[O-])[N-]1.[Mn+2]. The van der Waals surface area contributed by atoms with Gasteiger partial charge in [-0.05, 0) is 0 Å². The van der Waals surface area contributed by atoms with Crippen LogP contribution in [0.3, 0.4) is 0 Å². The Morgan fingerprint density at radius 2 is 1.44 bits per heavy atom. The smallest absolute Gasteiger partial charge is 0.672 e. The van der Waals surface area contributed by atoms with Crippen molar-refractivity contribution in [1.29, 1.82) is 0 Å². The van der Waals surface area contributed by atoms with Crippen LogP contribution in [0.1, 0.15) is 19.3 Å². The number of hydrogen-bond donors (Lipinski definition) is 0. The van der Waals surface area contributed by atoms with Gasteiger partial charge in [0.2, 0.25) is 0 Å². The van der Waals surface area contributed by atoms with E-state index >= 15 is 0 Å². The maximum absolute atomic E-state index is 10.3. The molecular weight excluding hydrogens is 379 g/mol. The Balaban J connectivity index is 0.000000443. The summed E-state index contributed by atoms with van der Waals surface area (Å²) >= 11 is 0. The quantitative estimate of drug-likeness (QED) is 0.428. The topological polar surface area (TPSA) is 189 Å². The van der Waals surface area contributed by atoms with Crippen molar-refractivity contribution in [3.8, 4) is 0 Å². The largest absolute Gasteiger partial charge is 2.00 e. The number of nitrogens with zero attached hydrogens (tertiary/aromatic N) is 2. The van der Waals surface area contributed by atoms with Gasteiger partial charge in [0.1, 0.15) is 0 Å². The Labute approximate surface area is 153 Å². The second-order valence-electron chi connectivity index (χ2n) is 4.87. The number of carbonyl (C=O) groups is 4. The molecular formula is C14H12MnN2O8-4. The van der Waals surface area contributed by atoms with Crippen molar-refractivity contribution in [3.63, 3.8) is 0 Å². The molecule has 25 heavy (non-hydrogen) atoms. The third-order valence-electron chi connectivity index (χ3n) is 3.14. The number of piperidine rings is 1. The average Bonchev–Trinajstić information content (AvgIpc) is 2.55. The summed E-state index contributed by atoms with van der Waals surface area (Å²) < 4.78 is 0. The summed E-state index contributed by atoms with van der Waals surface area (Å²) in [4.78, 5) is 41.0. The van der Waals surface area contributed by atoms with E-state index in [0.29, 0.717) is 19.3 Å². The maximum atomic E-state index is 10.3. The van der Waals surface area contributed by atoms with Gasteiger partial charge >= 0.3 is 17.1 Å². The summed E-state index contributed by atoms with van der Waals surface area (Å²) in [6, 6.07) is -3.16. The van der Waals surface area contributed by atoms with Gasteiger partial charge in [0.05, 0.1) is 0 Å². The van der Waals surface area contributed by atoms with Crippen molar-refractivity contribution in [2.45, 2.75) is 37.4 Å². The van der Waals surface area contributed by atoms with E-state index in [1.807, 2.05) is 0 Å². The monoisotopic (exact) mass is 391 g/mol. The zero-order valence-electron chi connectivity index (χ0n) is 12.6. The number of allylic oxidation sites excluding steroid dienone is 2. The first kappa shape index (κ1) is 22.6. The molecule has 11 heteroatoms. The van der Waals surface area contributed by atoms with Gasteiger partial charge in [-0.1, -0.05) is 55.6 Å². The molecule has 0 aromatic rings. The number of carbonyl (C=O) groups excluding carboxylic acids is 4. The van der Waals surface area contributed by atoms with Crippen LogP contribution in [0.25, 0.3) is 10.6 Å². The van der Waals surface area contributed by atoms with Gasteiger partial charge in [-0.3, -0.25) is 0 Å². The Kier molecular flexibility index (Phi) is 9.50. The summed E-state index contributed by atoms with van der Waals surface area (Å²) in [5.74, 6) is -5.54. The van der Waals surface area contributed by atoms with Gasteiger partial charge in [-0.25, -0.2) is 0 Å². The van der Waals surface area contributed by atoms with Crippen molar-refractivity contribution < 1.29 is 56.7 Å². The molecule has 0 aliphatic carbocycles. The Hall–Kier alpha value is -2.36. The zero-order valence-corrected chi connectivity index (χ0v) is 13.8. The number of rotatable bonds is 4. The van der Waals surface area contributed by atoms with E-state index in [0.717, 1.165) is 6.08 Å². The molecule has 0 aromatic heterocycles. The molecule has 3 unspecified atom stereocenters. The van der Waals surface area contributed by atoms with E-state index in [9.17, 15) is 39.6 Å². The van der Waals surface area contributed by atoms with Crippen molar-refractivity contribution in [2.75, 3.05) is 0 Å². The zero-order chi connectivity index (χ0) is 18.3. The van der Waals surface area contributed by atoms with Crippen LogP contribution in [-0.2, 0) is 36.2 Å². The van der Waals surface area contributed by atoms with Crippen LogP contribution in [0, 0.1) is 0 Å². The van der Waals surface area contributed by atoms with Crippen LogP contribution in [0.5, 0.6) is 0 Å². The van der Waals surface area contributed by atoms with E-state index < -0.39 is 42.0 Å². The van der Waals surface area contributed by atoms with Crippen molar-refractivity contribution >= 4 is 23.9 Å². The average molecular weight is 391 g/mol. The molecule has 2 rings (SSSR count). The van der Waals surface area contributed by atoms with Crippen LogP contribution in [0.15, 0.2) is 23.9 Å². The summed E-state index contributed by atoms with van der Waals surface area (Å²) in [6.07, 6.45) is 4.95.